The van der Waals surface area contributed by atoms with Crippen molar-refractivity contribution in [1.29, 1.82) is 0 Å². The van der Waals surface area contributed by atoms with E-state index in [4.69, 9.17) is 0 Å². The molecule has 0 aliphatic carbocycles. The average molecular weight is 386 g/mol. The van der Waals surface area contributed by atoms with Crippen LogP contribution in [0, 0.1) is 6.92 Å². The summed E-state index contributed by atoms with van der Waals surface area (Å²) in [5.74, 6) is 1.18. The molecule has 1 aliphatic heterocycles. The van der Waals surface area contributed by atoms with Crippen LogP contribution in [0.3, 0.4) is 0 Å². The molecule has 24 heavy (non-hydrogen) atoms. The van der Waals surface area contributed by atoms with Gasteiger partial charge in [0.25, 0.3) is 5.78 Å². The Morgan fingerprint density at radius 2 is 2.08 bits per heavy atom. The number of piperidine rings is 1. The molecule has 124 valence electrons. The lowest BCUT2D eigenvalue weighted by Crippen LogP contribution is -2.34. The predicted octanol–water partition coefficient (Wildman–Crippen LogP) is 3.57. The molecule has 2 aromatic heterocycles. The molecule has 3 heterocycles. The zero-order valence-electron chi connectivity index (χ0n) is 13.7. The van der Waals surface area contributed by atoms with E-state index in [1.54, 1.807) is 6.33 Å². The largest absolute Gasteiger partial charge is 0.298 e. The van der Waals surface area contributed by atoms with Gasteiger partial charge in [0.2, 0.25) is 0 Å². The SMILES string of the molecule is Cc1cc(C2CCCN(Cc3ccc(Br)cc3)C2)n2ncnc2n1. The molecule has 6 heteroatoms. The standard InChI is InChI=1S/C18H20BrN5/c1-13-9-17(24-18(22-13)20-12-21-24)15-3-2-8-23(11-15)10-14-4-6-16(19)7-5-14/h4-7,9,12,15H,2-3,8,10-11H2,1H3. The first-order valence-electron chi connectivity index (χ1n) is 8.33. The molecule has 0 N–H and O–H groups in total. The molecule has 1 fully saturated rings. The highest BCUT2D eigenvalue weighted by Gasteiger charge is 2.24. The number of halogens is 1. The zero-order valence-corrected chi connectivity index (χ0v) is 15.3. The van der Waals surface area contributed by atoms with Crippen molar-refractivity contribution in [2.75, 3.05) is 13.1 Å². The lowest BCUT2D eigenvalue weighted by molar-refractivity contribution is 0.197. The van der Waals surface area contributed by atoms with E-state index in [0.29, 0.717) is 11.7 Å². The second-order valence-electron chi connectivity index (χ2n) is 6.49. The molecule has 0 saturated carbocycles. The average Bonchev–Trinajstić information content (AvgIpc) is 3.05. The smallest absolute Gasteiger partial charge is 0.252 e. The Hall–Kier alpha value is -1.79. The van der Waals surface area contributed by atoms with Crippen molar-refractivity contribution in [1.82, 2.24) is 24.5 Å². The van der Waals surface area contributed by atoms with Gasteiger partial charge in [-0.15, -0.1) is 0 Å². The Morgan fingerprint density at radius 3 is 2.92 bits per heavy atom. The summed E-state index contributed by atoms with van der Waals surface area (Å²) in [6.07, 6.45) is 3.99. The molecule has 0 spiro atoms. The first-order chi connectivity index (χ1) is 11.7. The van der Waals surface area contributed by atoms with Crippen molar-refractivity contribution >= 4 is 21.7 Å². The summed E-state index contributed by atoms with van der Waals surface area (Å²) in [6.45, 7) is 5.22. The van der Waals surface area contributed by atoms with Crippen LogP contribution in [0.5, 0.6) is 0 Å². The fourth-order valence-corrected chi connectivity index (χ4v) is 3.80. The maximum atomic E-state index is 4.46. The topological polar surface area (TPSA) is 46.3 Å². The monoisotopic (exact) mass is 385 g/mol. The van der Waals surface area contributed by atoms with Crippen LogP contribution in [0.25, 0.3) is 5.78 Å². The maximum absolute atomic E-state index is 4.46. The van der Waals surface area contributed by atoms with E-state index in [-0.39, 0.29) is 0 Å². The molecule has 0 radical (unpaired) electrons. The molecule has 1 saturated heterocycles. The van der Waals surface area contributed by atoms with Gasteiger partial charge in [-0.3, -0.25) is 4.90 Å². The van der Waals surface area contributed by atoms with Crippen LogP contribution in [0.15, 0.2) is 41.1 Å². The molecular formula is C18H20BrN5. The van der Waals surface area contributed by atoms with Gasteiger partial charge in [0.05, 0.1) is 5.69 Å². The van der Waals surface area contributed by atoms with Gasteiger partial charge in [-0.2, -0.15) is 10.1 Å². The van der Waals surface area contributed by atoms with E-state index >= 15 is 0 Å². The fourth-order valence-electron chi connectivity index (χ4n) is 3.54. The summed E-state index contributed by atoms with van der Waals surface area (Å²) in [7, 11) is 0. The number of rotatable bonds is 3. The third-order valence-corrected chi connectivity index (χ3v) is 5.18. The van der Waals surface area contributed by atoms with E-state index in [1.165, 1.54) is 24.1 Å². The van der Waals surface area contributed by atoms with Crippen molar-refractivity contribution in [2.24, 2.45) is 0 Å². The van der Waals surface area contributed by atoms with Crippen LogP contribution in [-0.4, -0.2) is 37.6 Å². The van der Waals surface area contributed by atoms with Gasteiger partial charge < -0.3 is 0 Å². The quantitative estimate of drug-likeness (QED) is 0.691. The number of hydrogen-bond donors (Lipinski definition) is 0. The number of aryl methyl sites for hydroxylation is 1. The number of fused-ring (bicyclic) bond motifs is 1. The Labute approximate surface area is 149 Å². The number of hydrogen-bond acceptors (Lipinski definition) is 4. The van der Waals surface area contributed by atoms with Crippen molar-refractivity contribution in [2.45, 2.75) is 32.2 Å². The number of nitrogens with zero attached hydrogens (tertiary/aromatic N) is 5. The van der Waals surface area contributed by atoms with Crippen LogP contribution in [-0.2, 0) is 6.54 Å². The van der Waals surface area contributed by atoms with Crippen molar-refractivity contribution in [3.8, 4) is 0 Å². The molecule has 0 amide bonds. The molecule has 4 rings (SSSR count). The third kappa shape index (κ3) is 3.21. The summed E-state index contributed by atoms with van der Waals surface area (Å²) >= 11 is 3.50. The zero-order chi connectivity index (χ0) is 16.5. The van der Waals surface area contributed by atoms with Gasteiger partial charge in [0.15, 0.2) is 0 Å². The van der Waals surface area contributed by atoms with Crippen molar-refractivity contribution < 1.29 is 0 Å². The lowest BCUT2D eigenvalue weighted by atomic mass is 9.93. The Balaban J connectivity index is 1.55. The van der Waals surface area contributed by atoms with Crippen LogP contribution in [0.2, 0.25) is 0 Å². The highest BCUT2D eigenvalue weighted by Crippen LogP contribution is 2.28. The van der Waals surface area contributed by atoms with E-state index in [9.17, 15) is 0 Å². The Morgan fingerprint density at radius 1 is 1.25 bits per heavy atom. The summed E-state index contributed by atoms with van der Waals surface area (Å²) < 4.78 is 3.03. The summed E-state index contributed by atoms with van der Waals surface area (Å²) in [4.78, 5) is 11.2. The van der Waals surface area contributed by atoms with E-state index < -0.39 is 0 Å². The Bertz CT molecular complexity index is 842. The van der Waals surface area contributed by atoms with Crippen LogP contribution in [0.4, 0.5) is 0 Å². The Kier molecular flexibility index (Phi) is 4.33. The van der Waals surface area contributed by atoms with Gasteiger partial charge in [-0.1, -0.05) is 28.1 Å². The normalized spacial score (nSPS) is 19.0. The van der Waals surface area contributed by atoms with Gasteiger partial charge in [-0.05, 0) is 50.1 Å². The number of benzene rings is 1. The first-order valence-corrected chi connectivity index (χ1v) is 9.12. The highest BCUT2D eigenvalue weighted by atomic mass is 79.9. The third-order valence-electron chi connectivity index (χ3n) is 4.65. The minimum absolute atomic E-state index is 0.472. The van der Waals surface area contributed by atoms with Gasteiger partial charge in [0.1, 0.15) is 6.33 Å². The van der Waals surface area contributed by atoms with E-state index in [1.807, 2.05) is 11.4 Å². The number of aromatic nitrogens is 4. The summed E-state index contributed by atoms with van der Waals surface area (Å²) in [6, 6.07) is 10.8. The summed E-state index contributed by atoms with van der Waals surface area (Å²) in [5, 5.41) is 4.37. The van der Waals surface area contributed by atoms with Crippen LogP contribution >= 0.6 is 15.9 Å². The van der Waals surface area contributed by atoms with Gasteiger partial charge in [0, 0.05) is 29.2 Å². The molecular weight excluding hydrogens is 366 g/mol. The molecule has 0 bridgehead atoms. The van der Waals surface area contributed by atoms with Gasteiger partial charge in [-0.25, -0.2) is 9.50 Å². The highest BCUT2D eigenvalue weighted by molar-refractivity contribution is 9.10. The summed E-state index contributed by atoms with van der Waals surface area (Å²) in [5.41, 5.74) is 3.60. The minimum atomic E-state index is 0.472. The predicted molar refractivity (Wildman–Crippen MR) is 96.9 cm³/mol. The fraction of sp³-hybridized carbons (Fsp3) is 0.389. The molecule has 1 aromatic carbocycles. The molecule has 3 aromatic rings. The van der Waals surface area contributed by atoms with Gasteiger partial charge >= 0.3 is 0 Å². The number of likely N-dealkylation sites (tertiary alicyclic amines) is 1. The molecule has 1 atom stereocenters. The van der Waals surface area contributed by atoms with Crippen LogP contribution < -0.4 is 0 Å². The minimum Gasteiger partial charge on any atom is -0.298 e. The maximum Gasteiger partial charge on any atom is 0.252 e. The molecule has 1 unspecified atom stereocenters. The molecule has 1 aliphatic rings. The second kappa shape index (κ2) is 6.61. The van der Waals surface area contributed by atoms with Crippen molar-refractivity contribution in [3.63, 3.8) is 0 Å². The molecule has 5 nitrogen and oxygen atoms in total. The van der Waals surface area contributed by atoms with Crippen molar-refractivity contribution in [3.05, 3.63) is 58.1 Å². The van der Waals surface area contributed by atoms with E-state index in [2.05, 4.69) is 66.2 Å². The lowest BCUT2D eigenvalue weighted by Gasteiger charge is -2.33. The second-order valence-corrected chi connectivity index (χ2v) is 7.41. The van der Waals surface area contributed by atoms with Crippen LogP contribution in [0.1, 0.15) is 35.7 Å². The van der Waals surface area contributed by atoms with E-state index in [0.717, 1.165) is 29.8 Å². The first kappa shape index (κ1) is 15.7.